The van der Waals surface area contributed by atoms with Gasteiger partial charge in [-0.25, -0.2) is 0 Å². The minimum absolute atomic E-state index is 0.0952. The van der Waals surface area contributed by atoms with E-state index in [2.05, 4.69) is 10.00 Å². The zero-order chi connectivity index (χ0) is 24.2. The summed E-state index contributed by atoms with van der Waals surface area (Å²) in [4.78, 5) is 27.2. The number of hydrogen-bond donors (Lipinski definition) is 0. The molecule has 2 aromatic carbocycles. The molecule has 0 radical (unpaired) electrons. The van der Waals surface area contributed by atoms with Gasteiger partial charge in [-0.3, -0.25) is 14.9 Å². The van der Waals surface area contributed by atoms with Crippen LogP contribution in [-0.2, 0) is 4.74 Å². The number of hydrogen-bond acceptors (Lipinski definition) is 8. The summed E-state index contributed by atoms with van der Waals surface area (Å²) in [5, 5.41) is 16.8. The molecule has 2 heterocycles. The van der Waals surface area contributed by atoms with Gasteiger partial charge in [-0.15, -0.1) is 11.8 Å². The Bertz CT molecular complexity index is 1280. The third-order valence-corrected chi connectivity index (χ3v) is 6.61. The average Bonchev–Trinajstić information content (AvgIpc) is 2.86. The topological polar surface area (TPSA) is 99.7 Å². The number of methoxy groups -OCH3 is 1. The first-order chi connectivity index (χ1) is 16.4. The maximum atomic E-state index is 13.4. The van der Waals surface area contributed by atoms with E-state index < -0.39 is 10.5 Å². The van der Waals surface area contributed by atoms with E-state index in [4.69, 9.17) is 21.1 Å². The Morgan fingerprint density at radius 3 is 2.65 bits per heavy atom. The second kappa shape index (κ2) is 10.5. The fourth-order valence-corrected chi connectivity index (χ4v) is 4.64. The Morgan fingerprint density at radius 2 is 1.97 bits per heavy atom. The molecule has 11 heteroatoms. The van der Waals surface area contributed by atoms with Crippen LogP contribution in [0.15, 0.2) is 52.2 Å². The fraction of sp³-hybridized carbons (Fsp3) is 0.304. The Kier molecular flexibility index (Phi) is 7.40. The molecular weight excluding hydrogens is 480 g/mol. The molecule has 1 aromatic heterocycles. The van der Waals surface area contributed by atoms with Gasteiger partial charge in [0.1, 0.15) is 11.4 Å². The Morgan fingerprint density at radius 1 is 1.21 bits per heavy atom. The van der Waals surface area contributed by atoms with Gasteiger partial charge in [-0.05, 0) is 42.2 Å². The van der Waals surface area contributed by atoms with E-state index in [1.165, 1.54) is 17.8 Å². The number of thioether (sulfide) groups is 1. The summed E-state index contributed by atoms with van der Waals surface area (Å²) in [6, 6.07) is 11.5. The van der Waals surface area contributed by atoms with Crippen LogP contribution in [-0.4, -0.2) is 53.9 Å². The Labute approximate surface area is 205 Å². The molecule has 34 heavy (non-hydrogen) atoms. The summed E-state index contributed by atoms with van der Waals surface area (Å²) >= 11 is 7.78. The fourth-order valence-electron chi connectivity index (χ4n) is 3.71. The molecule has 1 fully saturated rings. The van der Waals surface area contributed by atoms with Crippen LogP contribution in [0.5, 0.6) is 5.75 Å². The number of aromatic nitrogens is 2. The quantitative estimate of drug-likeness (QED) is 0.266. The molecule has 1 saturated heterocycles. The largest absolute Gasteiger partial charge is 0.497 e. The highest BCUT2D eigenvalue weighted by Gasteiger charge is 2.23. The summed E-state index contributed by atoms with van der Waals surface area (Å²) in [5.74, 6) is 1.21. The van der Waals surface area contributed by atoms with E-state index in [1.54, 1.807) is 43.5 Å². The predicted octanol–water partition coefficient (Wildman–Crippen LogP) is 4.42. The minimum atomic E-state index is -0.510. The lowest BCUT2D eigenvalue weighted by molar-refractivity contribution is -0.384. The van der Waals surface area contributed by atoms with Crippen LogP contribution < -0.4 is 15.2 Å². The average molecular weight is 503 g/mol. The number of morpholine rings is 1. The maximum Gasteiger partial charge on any atom is 0.295 e. The van der Waals surface area contributed by atoms with Crippen molar-refractivity contribution in [3.8, 4) is 22.7 Å². The standard InChI is InChI=1S/C23H23ClN4O5S/c1-3-34-22-14-19(17-13-16(32-2)5-6-18(17)24)25-27(23(22)29)21-12-15(4-7-20(21)28(30)31)26-8-10-33-11-9-26/h4-7,12-14H,3,8-11H2,1-2H3. The van der Waals surface area contributed by atoms with Crippen LogP contribution >= 0.6 is 23.4 Å². The molecular formula is C23H23ClN4O5S. The van der Waals surface area contributed by atoms with Gasteiger partial charge in [0.2, 0.25) is 0 Å². The summed E-state index contributed by atoms with van der Waals surface area (Å²) in [5.41, 5.74) is 1.17. The number of anilines is 1. The number of halogens is 1. The third-order valence-electron chi connectivity index (χ3n) is 5.39. The smallest absolute Gasteiger partial charge is 0.295 e. The molecule has 0 saturated carbocycles. The van der Waals surface area contributed by atoms with Gasteiger partial charge in [-0.2, -0.15) is 9.78 Å². The van der Waals surface area contributed by atoms with E-state index in [9.17, 15) is 14.9 Å². The normalized spacial score (nSPS) is 13.7. The number of nitrogens with zero attached hydrogens (tertiary/aromatic N) is 4. The summed E-state index contributed by atoms with van der Waals surface area (Å²) < 4.78 is 11.8. The van der Waals surface area contributed by atoms with Gasteiger partial charge in [0.05, 0.1) is 40.9 Å². The summed E-state index contributed by atoms with van der Waals surface area (Å²) in [7, 11) is 1.54. The number of nitro groups is 1. The van der Waals surface area contributed by atoms with E-state index in [0.29, 0.717) is 59.0 Å². The summed E-state index contributed by atoms with van der Waals surface area (Å²) in [6.07, 6.45) is 0. The van der Waals surface area contributed by atoms with Gasteiger partial charge >= 0.3 is 0 Å². The first kappa shape index (κ1) is 24.1. The van der Waals surface area contributed by atoms with Crippen molar-refractivity contribution in [2.75, 3.05) is 44.1 Å². The van der Waals surface area contributed by atoms with Crippen molar-refractivity contribution >= 4 is 34.7 Å². The van der Waals surface area contributed by atoms with Crippen molar-refractivity contribution < 1.29 is 14.4 Å². The maximum absolute atomic E-state index is 13.4. The second-order valence-electron chi connectivity index (χ2n) is 7.42. The zero-order valence-electron chi connectivity index (χ0n) is 18.7. The van der Waals surface area contributed by atoms with Gasteiger partial charge in [0.25, 0.3) is 11.2 Å². The van der Waals surface area contributed by atoms with E-state index in [0.717, 1.165) is 10.4 Å². The van der Waals surface area contributed by atoms with Crippen LogP contribution in [0.1, 0.15) is 6.92 Å². The SMILES string of the molecule is CCSc1cc(-c2cc(OC)ccc2Cl)nn(-c2cc(N3CCOCC3)ccc2[N+](=O)[O-])c1=O. The van der Waals surface area contributed by atoms with Crippen molar-refractivity contribution in [3.63, 3.8) is 0 Å². The van der Waals surface area contributed by atoms with Crippen LogP contribution in [0.25, 0.3) is 16.9 Å². The first-order valence-electron chi connectivity index (χ1n) is 10.7. The highest BCUT2D eigenvalue weighted by molar-refractivity contribution is 7.99. The molecule has 0 aliphatic carbocycles. The molecule has 0 bridgehead atoms. The molecule has 3 aromatic rings. The molecule has 0 amide bonds. The lowest BCUT2D eigenvalue weighted by atomic mass is 10.1. The minimum Gasteiger partial charge on any atom is -0.497 e. The number of ether oxygens (including phenoxy) is 2. The van der Waals surface area contributed by atoms with Crippen molar-refractivity contribution in [2.45, 2.75) is 11.8 Å². The lowest BCUT2D eigenvalue weighted by Gasteiger charge is -2.29. The highest BCUT2D eigenvalue weighted by Crippen LogP contribution is 2.33. The second-order valence-corrected chi connectivity index (χ2v) is 9.13. The van der Waals surface area contributed by atoms with Gasteiger partial charge in [-0.1, -0.05) is 18.5 Å². The number of benzene rings is 2. The molecule has 0 spiro atoms. The van der Waals surface area contributed by atoms with Gasteiger partial charge in [0.15, 0.2) is 0 Å². The number of nitro benzene ring substituents is 1. The molecule has 1 aliphatic rings. The third kappa shape index (κ3) is 4.89. The zero-order valence-corrected chi connectivity index (χ0v) is 20.3. The van der Waals surface area contributed by atoms with E-state index >= 15 is 0 Å². The molecule has 0 N–H and O–H groups in total. The van der Waals surface area contributed by atoms with Crippen LogP contribution in [0, 0.1) is 10.1 Å². The molecule has 1 aliphatic heterocycles. The number of rotatable bonds is 7. The first-order valence-corrected chi connectivity index (χ1v) is 12.0. The van der Waals surface area contributed by atoms with Crippen LogP contribution in [0.2, 0.25) is 5.02 Å². The molecule has 4 rings (SSSR count). The molecule has 0 atom stereocenters. The van der Waals surface area contributed by atoms with Crippen LogP contribution in [0.3, 0.4) is 0 Å². The molecule has 178 valence electrons. The van der Waals surface area contributed by atoms with Crippen molar-refractivity contribution in [2.24, 2.45) is 0 Å². The van der Waals surface area contributed by atoms with Crippen LogP contribution in [0.4, 0.5) is 11.4 Å². The molecule has 0 unspecified atom stereocenters. The van der Waals surface area contributed by atoms with Gasteiger partial charge in [0, 0.05) is 30.4 Å². The van der Waals surface area contributed by atoms with Crippen molar-refractivity contribution in [1.82, 2.24) is 9.78 Å². The van der Waals surface area contributed by atoms with E-state index in [1.807, 2.05) is 6.92 Å². The Hall–Kier alpha value is -3.08. The van der Waals surface area contributed by atoms with E-state index in [-0.39, 0.29) is 11.4 Å². The molecule has 9 nitrogen and oxygen atoms in total. The lowest BCUT2D eigenvalue weighted by Crippen LogP contribution is -2.36. The highest BCUT2D eigenvalue weighted by atomic mass is 35.5. The monoisotopic (exact) mass is 502 g/mol. The Balaban J connectivity index is 1.95. The van der Waals surface area contributed by atoms with Crippen molar-refractivity contribution in [1.29, 1.82) is 0 Å². The summed E-state index contributed by atoms with van der Waals surface area (Å²) in [6.45, 7) is 4.35. The predicted molar refractivity (Wildman–Crippen MR) is 133 cm³/mol. The van der Waals surface area contributed by atoms with Gasteiger partial charge < -0.3 is 14.4 Å². The van der Waals surface area contributed by atoms with Crippen molar-refractivity contribution in [3.05, 3.63) is 68.0 Å².